The molecule has 4 rings (SSSR count). The van der Waals surface area contributed by atoms with E-state index in [4.69, 9.17) is 4.52 Å². The van der Waals surface area contributed by atoms with E-state index in [-0.39, 0.29) is 12.0 Å². The van der Waals surface area contributed by atoms with Crippen LogP contribution >= 0.6 is 0 Å². The Morgan fingerprint density at radius 3 is 2.71 bits per heavy atom. The molecule has 21 heavy (non-hydrogen) atoms. The van der Waals surface area contributed by atoms with Gasteiger partial charge in [-0.2, -0.15) is 4.98 Å². The van der Waals surface area contributed by atoms with Gasteiger partial charge in [-0.3, -0.25) is 0 Å². The summed E-state index contributed by atoms with van der Waals surface area (Å²) in [6, 6.07) is 8.55. The van der Waals surface area contributed by atoms with Gasteiger partial charge >= 0.3 is 0 Å². The maximum Gasteiger partial charge on any atom is 0.229 e. The zero-order valence-electron chi connectivity index (χ0n) is 12.0. The molecule has 0 saturated heterocycles. The fourth-order valence-corrected chi connectivity index (χ4v) is 3.70. The number of benzene rings is 1. The van der Waals surface area contributed by atoms with Crippen LogP contribution in [0.5, 0.6) is 0 Å². The number of fused-ring (bicyclic) bond motifs is 1. The highest BCUT2D eigenvalue weighted by Gasteiger charge is 2.30. The standard InChI is InChI=1S/C17H20N2O2/c20-13-8-5-12(6-9-13)17-18-16(19-21-17)15-10-7-11-3-1-2-4-14(11)15/h1-4,12-13,15,20H,5-10H2. The zero-order chi connectivity index (χ0) is 14.2. The topological polar surface area (TPSA) is 59.2 Å². The Hall–Kier alpha value is -1.68. The SMILES string of the molecule is OC1CCC(c2nc(C3CCc4ccccc43)no2)CC1. The minimum Gasteiger partial charge on any atom is -0.393 e. The fraction of sp³-hybridized carbons (Fsp3) is 0.529. The van der Waals surface area contributed by atoms with Crippen LogP contribution in [-0.2, 0) is 6.42 Å². The lowest BCUT2D eigenvalue weighted by atomic mass is 9.87. The van der Waals surface area contributed by atoms with Crippen LogP contribution in [0.3, 0.4) is 0 Å². The van der Waals surface area contributed by atoms with Gasteiger partial charge < -0.3 is 9.63 Å². The molecular formula is C17H20N2O2. The van der Waals surface area contributed by atoms with Gasteiger partial charge in [-0.1, -0.05) is 29.4 Å². The normalized spacial score (nSPS) is 28.5. The summed E-state index contributed by atoms with van der Waals surface area (Å²) in [7, 11) is 0. The third-order valence-corrected chi connectivity index (χ3v) is 4.95. The minimum atomic E-state index is -0.148. The third kappa shape index (κ3) is 2.38. The molecule has 1 heterocycles. The lowest BCUT2D eigenvalue weighted by Crippen LogP contribution is -2.17. The van der Waals surface area contributed by atoms with Crippen LogP contribution in [0, 0.1) is 0 Å². The van der Waals surface area contributed by atoms with Crippen molar-refractivity contribution in [1.82, 2.24) is 10.1 Å². The second kappa shape index (κ2) is 5.26. The van der Waals surface area contributed by atoms with Crippen LogP contribution in [0.25, 0.3) is 0 Å². The molecule has 1 aromatic heterocycles. The summed E-state index contributed by atoms with van der Waals surface area (Å²) in [4.78, 5) is 4.68. The number of aromatic nitrogens is 2. The predicted octanol–water partition coefficient (Wildman–Crippen LogP) is 3.17. The number of hydrogen-bond donors (Lipinski definition) is 1. The molecule has 110 valence electrons. The van der Waals surface area contributed by atoms with Crippen molar-refractivity contribution in [2.24, 2.45) is 0 Å². The quantitative estimate of drug-likeness (QED) is 0.920. The molecule has 0 bridgehead atoms. The van der Waals surface area contributed by atoms with E-state index in [1.54, 1.807) is 0 Å². The lowest BCUT2D eigenvalue weighted by molar-refractivity contribution is 0.116. The lowest BCUT2D eigenvalue weighted by Gasteiger charge is -2.22. The first-order valence-electron chi connectivity index (χ1n) is 7.90. The summed E-state index contributed by atoms with van der Waals surface area (Å²) >= 11 is 0. The summed E-state index contributed by atoms with van der Waals surface area (Å²) in [5.41, 5.74) is 2.76. The number of hydrogen-bond acceptors (Lipinski definition) is 4. The molecule has 2 aliphatic rings. The first-order valence-corrected chi connectivity index (χ1v) is 7.90. The summed E-state index contributed by atoms with van der Waals surface area (Å²) in [5, 5.41) is 13.8. The minimum absolute atomic E-state index is 0.148. The van der Waals surface area contributed by atoms with E-state index in [2.05, 4.69) is 34.4 Å². The predicted molar refractivity (Wildman–Crippen MR) is 78.1 cm³/mol. The smallest absolute Gasteiger partial charge is 0.229 e. The molecule has 1 atom stereocenters. The molecule has 1 N–H and O–H groups in total. The van der Waals surface area contributed by atoms with Gasteiger partial charge in [-0.05, 0) is 49.7 Å². The number of rotatable bonds is 2. The Labute approximate surface area is 124 Å². The Morgan fingerprint density at radius 1 is 1.05 bits per heavy atom. The molecule has 1 fully saturated rings. The van der Waals surface area contributed by atoms with E-state index >= 15 is 0 Å². The average Bonchev–Trinajstić information content (AvgIpc) is 3.14. The van der Waals surface area contributed by atoms with Crippen LogP contribution in [0.2, 0.25) is 0 Å². The van der Waals surface area contributed by atoms with Crippen LogP contribution < -0.4 is 0 Å². The van der Waals surface area contributed by atoms with Crippen molar-refractivity contribution in [2.75, 3.05) is 0 Å². The second-order valence-electron chi connectivity index (χ2n) is 6.29. The Kier molecular flexibility index (Phi) is 3.26. The van der Waals surface area contributed by atoms with Gasteiger partial charge in [-0.15, -0.1) is 0 Å². The molecule has 0 radical (unpaired) electrons. The molecule has 0 amide bonds. The van der Waals surface area contributed by atoms with Crippen molar-refractivity contribution in [1.29, 1.82) is 0 Å². The Morgan fingerprint density at radius 2 is 1.86 bits per heavy atom. The van der Waals surface area contributed by atoms with Crippen LogP contribution in [0.1, 0.15) is 66.8 Å². The van der Waals surface area contributed by atoms with E-state index in [0.29, 0.717) is 5.92 Å². The maximum absolute atomic E-state index is 9.59. The summed E-state index contributed by atoms with van der Waals surface area (Å²) in [5.74, 6) is 2.21. The van der Waals surface area contributed by atoms with Crippen molar-refractivity contribution in [3.8, 4) is 0 Å². The summed E-state index contributed by atoms with van der Waals surface area (Å²) < 4.78 is 5.52. The number of aryl methyl sites for hydroxylation is 1. The Bertz CT molecular complexity index is 629. The number of aliphatic hydroxyl groups is 1. The largest absolute Gasteiger partial charge is 0.393 e. The van der Waals surface area contributed by atoms with E-state index in [1.807, 2.05) is 0 Å². The van der Waals surface area contributed by atoms with Gasteiger partial charge in [0.05, 0.1) is 6.10 Å². The molecule has 1 aromatic carbocycles. The molecule has 4 nitrogen and oxygen atoms in total. The van der Waals surface area contributed by atoms with Crippen molar-refractivity contribution >= 4 is 0 Å². The first kappa shape index (κ1) is 13.0. The van der Waals surface area contributed by atoms with Gasteiger partial charge in [0.25, 0.3) is 0 Å². The van der Waals surface area contributed by atoms with E-state index in [1.165, 1.54) is 11.1 Å². The summed E-state index contributed by atoms with van der Waals surface area (Å²) in [6.07, 6.45) is 5.60. The molecule has 0 spiro atoms. The van der Waals surface area contributed by atoms with Crippen molar-refractivity contribution in [3.63, 3.8) is 0 Å². The van der Waals surface area contributed by atoms with Gasteiger partial charge in [0.1, 0.15) is 0 Å². The molecule has 2 aliphatic carbocycles. The maximum atomic E-state index is 9.59. The monoisotopic (exact) mass is 284 g/mol. The van der Waals surface area contributed by atoms with Crippen molar-refractivity contribution < 1.29 is 9.63 Å². The van der Waals surface area contributed by atoms with Gasteiger partial charge in [-0.25, -0.2) is 0 Å². The van der Waals surface area contributed by atoms with E-state index in [9.17, 15) is 5.11 Å². The third-order valence-electron chi connectivity index (χ3n) is 4.95. The Balaban J connectivity index is 1.55. The van der Waals surface area contributed by atoms with Crippen molar-refractivity contribution in [3.05, 3.63) is 47.1 Å². The number of nitrogens with zero attached hydrogens (tertiary/aromatic N) is 2. The van der Waals surface area contributed by atoms with Gasteiger partial charge in [0.15, 0.2) is 5.82 Å². The van der Waals surface area contributed by atoms with Crippen LogP contribution in [0.15, 0.2) is 28.8 Å². The van der Waals surface area contributed by atoms with Crippen molar-refractivity contribution in [2.45, 2.75) is 56.5 Å². The average molecular weight is 284 g/mol. The fourth-order valence-electron chi connectivity index (χ4n) is 3.70. The molecule has 0 aliphatic heterocycles. The molecule has 1 saturated carbocycles. The van der Waals surface area contributed by atoms with Crippen LogP contribution in [-0.4, -0.2) is 21.4 Å². The van der Waals surface area contributed by atoms with Gasteiger partial charge in [0.2, 0.25) is 5.89 Å². The van der Waals surface area contributed by atoms with E-state index in [0.717, 1.165) is 50.2 Å². The van der Waals surface area contributed by atoms with E-state index < -0.39 is 0 Å². The highest BCUT2D eigenvalue weighted by Crippen LogP contribution is 2.38. The molecular weight excluding hydrogens is 264 g/mol. The highest BCUT2D eigenvalue weighted by atomic mass is 16.5. The molecule has 4 heteroatoms. The highest BCUT2D eigenvalue weighted by molar-refractivity contribution is 5.38. The molecule has 2 aromatic rings. The second-order valence-corrected chi connectivity index (χ2v) is 6.29. The van der Waals surface area contributed by atoms with Crippen LogP contribution in [0.4, 0.5) is 0 Å². The van der Waals surface area contributed by atoms with Gasteiger partial charge in [0, 0.05) is 11.8 Å². The summed E-state index contributed by atoms with van der Waals surface area (Å²) in [6.45, 7) is 0. The first-order chi connectivity index (χ1) is 10.3. The molecule has 1 unspecified atom stereocenters. The zero-order valence-corrected chi connectivity index (χ0v) is 12.0. The number of aliphatic hydroxyl groups excluding tert-OH is 1.